The number of nitrogens with zero attached hydrogens (tertiary/aromatic N) is 1. The van der Waals surface area contributed by atoms with Crippen molar-refractivity contribution in [1.29, 1.82) is 0 Å². The topological polar surface area (TPSA) is 78.9 Å². The molecule has 0 saturated carbocycles. The molecule has 0 spiro atoms. The molecule has 120 valence electrons. The molecule has 22 heavy (non-hydrogen) atoms. The van der Waals surface area contributed by atoms with Crippen molar-refractivity contribution in [2.24, 2.45) is 11.8 Å². The van der Waals surface area contributed by atoms with E-state index in [9.17, 15) is 14.7 Å². The third-order valence-corrected chi connectivity index (χ3v) is 3.97. The maximum atomic E-state index is 12.4. The van der Waals surface area contributed by atoms with Crippen molar-refractivity contribution in [3.63, 3.8) is 0 Å². The summed E-state index contributed by atoms with van der Waals surface area (Å²) in [4.78, 5) is 25.1. The molecular weight excluding hydrogens is 284 g/mol. The Morgan fingerprint density at radius 1 is 1.36 bits per heavy atom. The zero-order chi connectivity index (χ0) is 16.3. The largest absolute Gasteiger partial charge is 0.497 e. The number of carboxylic acid groups (broad SMARTS) is 1. The van der Waals surface area contributed by atoms with Gasteiger partial charge in [0.05, 0.1) is 13.0 Å². The first-order valence-corrected chi connectivity index (χ1v) is 7.34. The summed E-state index contributed by atoms with van der Waals surface area (Å²) in [5.41, 5.74) is 1.60. The zero-order valence-electron chi connectivity index (χ0n) is 13.1. The van der Waals surface area contributed by atoms with Gasteiger partial charge in [0.1, 0.15) is 5.75 Å². The van der Waals surface area contributed by atoms with Crippen molar-refractivity contribution >= 4 is 17.7 Å². The second kappa shape index (κ2) is 6.68. The van der Waals surface area contributed by atoms with Gasteiger partial charge in [-0.15, -0.1) is 0 Å². The van der Waals surface area contributed by atoms with E-state index in [-0.39, 0.29) is 18.5 Å². The van der Waals surface area contributed by atoms with Crippen molar-refractivity contribution in [2.45, 2.75) is 20.3 Å². The molecule has 1 aliphatic rings. The zero-order valence-corrected chi connectivity index (χ0v) is 13.1. The lowest BCUT2D eigenvalue weighted by Gasteiger charge is -2.34. The van der Waals surface area contributed by atoms with Crippen LogP contribution in [0.3, 0.4) is 0 Å². The number of carboxylic acids is 1. The average Bonchev–Trinajstić information content (AvgIpc) is 2.48. The highest BCUT2D eigenvalue weighted by molar-refractivity contribution is 5.90. The number of piperidine rings is 1. The minimum Gasteiger partial charge on any atom is -0.497 e. The molecular formula is C16H22N2O4. The van der Waals surface area contributed by atoms with Crippen LogP contribution in [0.15, 0.2) is 18.2 Å². The Hall–Kier alpha value is -2.24. The lowest BCUT2D eigenvalue weighted by molar-refractivity contribution is -0.143. The minimum atomic E-state index is -0.843. The van der Waals surface area contributed by atoms with Gasteiger partial charge in [0.2, 0.25) is 0 Å². The lowest BCUT2D eigenvalue weighted by atomic mass is 9.91. The highest BCUT2D eigenvalue weighted by Gasteiger charge is 2.31. The number of urea groups is 1. The number of hydrogen-bond donors (Lipinski definition) is 2. The number of anilines is 1. The number of hydrogen-bond acceptors (Lipinski definition) is 3. The van der Waals surface area contributed by atoms with Gasteiger partial charge in [0, 0.05) is 18.8 Å². The maximum Gasteiger partial charge on any atom is 0.321 e. The van der Waals surface area contributed by atoms with Crippen molar-refractivity contribution in [1.82, 2.24) is 4.90 Å². The normalized spacial score (nSPS) is 21.3. The summed E-state index contributed by atoms with van der Waals surface area (Å²) in [5, 5.41) is 12.0. The number of rotatable bonds is 3. The number of methoxy groups -OCH3 is 1. The molecule has 0 bridgehead atoms. The van der Waals surface area contributed by atoms with Gasteiger partial charge in [-0.25, -0.2) is 4.79 Å². The van der Waals surface area contributed by atoms with Crippen LogP contribution in [-0.4, -0.2) is 42.2 Å². The number of aliphatic carboxylic acids is 1. The van der Waals surface area contributed by atoms with Crippen molar-refractivity contribution < 1.29 is 19.4 Å². The van der Waals surface area contributed by atoms with Gasteiger partial charge in [-0.05, 0) is 43.0 Å². The molecule has 1 aliphatic heterocycles. The predicted octanol–water partition coefficient (Wildman–Crippen LogP) is 2.58. The van der Waals surface area contributed by atoms with Gasteiger partial charge >= 0.3 is 12.0 Å². The van der Waals surface area contributed by atoms with Crippen LogP contribution in [0.4, 0.5) is 10.5 Å². The third-order valence-electron chi connectivity index (χ3n) is 3.97. The van der Waals surface area contributed by atoms with Gasteiger partial charge in [-0.2, -0.15) is 0 Å². The molecule has 6 nitrogen and oxygen atoms in total. The number of nitrogens with one attached hydrogen (secondary N) is 1. The molecule has 0 radical (unpaired) electrons. The standard InChI is InChI=1S/C16H22N2O4/c1-10-6-12(15(19)20)9-18(8-10)16(21)17-14-5-4-13(22-3)7-11(14)2/h4-5,7,10,12H,6,8-9H2,1-3H3,(H,17,21)(H,19,20). The van der Waals surface area contributed by atoms with E-state index in [1.54, 1.807) is 24.1 Å². The van der Waals surface area contributed by atoms with Gasteiger partial charge in [-0.1, -0.05) is 6.92 Å². The number of carbonyl (C=O) groups is 2. The first-order valence-electron chi connectivity index (χ1n) is 7.34. The van der Waals surface area contributed by atoms with Crippen LogP contribution < -0.4 is 10.1 Å². The Morgan fingerprint density at radius 2 is 2.09 bits per heavy atom. The van der Waals surface area contributed by atoms with E-state index in [2.05, 4.69) is 5.32 Å². The monoisotopic (exact) mass is 306 g/mol. The number of ether oxygens (including phenoxy) is 1. The van der Waals surface area contributed by atoms with E-state index < -0.39 is 11.9 Å². The lowest BCUT2D eigenvalue weighted by Crippen LogP contribution is -2.47. The van der Waals surface area contributed by atoms with Gasteiger partial charge in [0.15, 0.2) is 0 Å². The highest BCUT2D eigenvalue weighted by Crippen LogP contribution is 2.24. The van der Waals surface area contributed by atoms with E-state index in [0.717, 1.165) is 11.3 Å². The van der Waals surface area contributed by atoms with E-state index in [1.807, 2.05) is 19.9 Å². The number of amides is 2. The van der Waals surface area contributed by atoms with E-state index >= 15 is 0 Å². The molecule has 1 heterocycles. The van der Waals surface area contributed by atoms with Crippen LogP contribution >= 0.6 is 0 Å². The first-order chi connectivity index (χ1) is 10.4. The molecule has 2 atom stereocenters. The average molecular weight is 306 g/mol. The molecule has 2 unspecified atom stereocenters. The summed E-state index contributed by atoms with van der Waals surface area (Å²) in [7, 11) is 1.59. The molecule has 0 aliphatic carbocycles. The quantitative estimate of drug-likeness (QED) is 0.899. The minimum absolute atomic E-state index is 0.178. The summed E-state index contributed by atoms with van der Waals surface area (Å²) in [5.74, 6) is -0.429. The van der Waals surface area contributed by atoms with Crippen molar-refractivity contribution in [3.8, 4) is 5.75 Å². The summed E-state index contributed by atoms with van der Waals surface area (Å²) < 4.78 is 5.14. The summed E-state index contributed by atoms with van der Waals surface area (Å²) >= 11 is 0. The highest BCUT2D eigenvalue weighted by atomic mass is 16.5. The molecule has 6 heteroatoms. The third kappa shape index (κ3) is 3.69. The summed E-state index contributed by atoms with van der Waals surface area (Å²) in [6.07, 6.45) is 0.612. The Labute approximate surface area is 130 Å². The van der Waals surface area contributed by atoms with E-state index in [4.69, 9.17) is 4.74 Å². The van der Waals surface area contributed by atoms with Crippen molar-refractivity contribution in [3.05, 3.63) is 23.8 Å². The van der Waals surface area contributed by atoms with Crippen LogP contribution in [0.2, 0.25) is 0 Å². The maximum absolute atomic E-state index is 12.4. The summed E-state index contributed by atoms with van der Waals surface area (Å²) in [6.45, 7) is 4.68. The van der Waals surface area contributed by atoms with Gasteiger partial charge in [0.25, 0.3) is 0 Å². The predicted molar refractivity (Wildman–Crippen MR) is 83.2 cm³/mol. The fraction of sp³-hybridized carbons (Fsp3) is 0.500. The number of aryl methyl sites for hydroxylation is 1. The Kier molecular flexibility index (Phi) is 4.90. The molecule has 1 fully saturated rings. The molecule has 2 rings (SSSR count). The molecule has 0 aromatic heterocycles. The fourth-order valence-corrected chi connectivity index (χ4v) is 2.79. The Bertz CT molecular complexity index is 573. The molecule has 2 N–H and O–H groups in total. The molecule has 1 saturated heterocycles. The van der Waals surface area contributed by atoms with Gasteiger partial charge < -0.3 is 20.1 Å². The van der Waals surface area contributed by atoms with Crippen LogP contribution in [0.25, 0.3) is 0 Å². The fourth-order valence-electron chi connectivity index (χ4n) is 2.79. The molecule has 1 aromatic rings. The number of benzene rings is 1. The Morgan fingerprint density at radius 3 is 2.68 bits per heavy atom. The van der Waals surface area contributed by atoms with Crippen LogP contribution in [0.1, 0.15) is 18.9 Å². The second-order valence-electron chi connectivity index (χ2n) is 5.89. The van der Waals surface area contributed by atoms with Crippen LogP contribution in [-0.2, 0) is 4.79 Å². The first kappa shape index (κ1) is 16.1. The van der Waals surface area contributed by atoms with Crippen LogP contribution in [0.5, 0.6) is 5.75 Å². The summed E-state index contributed by atoms with van der Waals surface area (Å²) in [6, 6.07) is 5.15. The second-order valence-corrected chi connectivity index (χ2v) is 5.89. The van der Waals surface area contributed by atoms with E-state index in [0.29, 0.717) is 18.7 Å². The van der Waals surface area contributed by atoms with Crippen LogP contribution in [0, 0.1) is 18.8 Å². The Balaban J connectivity index is 2.06. The van der Waals surface area contributed by atoms with Crippen molar-refractivity contribution in [2.75, 3.05) is 25.5 Å². The number of likely N-dealkylation sites (tertiary alicyclic amines) is 1. The molecule has 2 amide bonds. The smallest absolute Gasteiger partial charge is 0.321 e. The van der Waals surface area contributed by atoms with E-state index in [1.165, 1.54) is 0 Å². The number of carbonyl (C=O) groups excluding carboxylic acids is 1. The van der Waals surface area contributed by atoms with Gasteiger partial charge in [-0.3, -0.25) is 4.79 Å². The SMILES string of the molecule is COc1ccc(NC(=O)N2CC(C)CC(C(=O)O)C2)c(C)c1. The molecule has 1 aromatic carbocycles.